The fraction of sp³-hybridized carbons (Fsp3) is 0.562. The first-order valence-electron chi connectivity index (χ1n) is 7.75. The van der Waals surface area contributed by atoms with Crippen molar-refractivity contribution in [1.29, 1.82) is 0 Å². The number of hydrogen-bond donors (Lipinski definition) is 2. The van der Waals surface area contributed by atoms with E-state index in [4.69, 9.17) is 38.4 Å². The van der Waals surface area contributed by atoms with Crippen LogP contribution in [0.4, 0.5) is 5.69 Å². The summed E-state index contributed by atoms with van der Waals surface area (Å²) >= 11 is 11.8. The van der Waals surface area contributed by atoms with Crippen LogP contribution in [0.25, 0.3) is 0 Å². The van der Waals surface area contributed by atoms with Gasteiger partial charge in [0.2, 0.25) is 0 Å². The topological polar surface area (TPSA) is 108 Å². The second-order valence-electron chi connectivity index (χ2n) is 5.71. The van der Waals surface area contributed by atoms with E-state index in [9.17, 15) is 4.79 Å². The molecule has 1 aromatic rings. The fourth-order valence-corrected chi connectivity index (χ4v) is 3.27. The van der Waals surface area contributed by atoms with E-state index in [1.807, 2.05) is 0 Å². The van der Waals surface area contributed by atoms with Crippen molar-refractivity contribution in [2.24, 2.45) is 0 Å². The molecule has 5 N–H and O–H groups in total. The molecule has 1 fully saturated rings. The van der Waals surface area contributed by atoms with Crippen LogP contribution in [0.3, 0.4) is 0 Å². The Hall–Kier alpha value is -1.25. The first-order chi connectivity index (χ1) is 11.5. The molecule has 142 valence electrons. The van der Waals surface area contributed by atoms with Gasteiger partial charge in [0.15, 0.2) is 0 Å². The van der Waals surface area contributed by atoms with Gasteiger partial charge in [0.1, 0.15) is 5.75 Å². The molecule has 9 heteroatoms. The lowest BCUT2D eigenvalue weighted by atomic mass is 10.0. The van der Waals surface area contributed by atoms with Gasteiger partial charge in [-0.1, -0.05) is 11.6 Å². The molecule has 0 saturated carbocycles. The van der Waals surface area contributed by atoms with E-state index in [2.05, 4.69) is 10.2 Å². The molecule has 0 aromatic heterocycles. The van der Waals surface area contributed by atoms with Crippen molar-refractivity contribution in [2.45, 2.75) is 18.6 Å². The molecule has 1 amide bonds. The number of hydrogen-bond acceptors (Lipinski definition) is 5. The second kappa shape index (κ2) is 10.0. The number of likely N-dealkylation sites (tertiary alicyclic amines) is 1. The normalized spacial score (nSPS) is 20.6. The number of rotatable bonds is 6. The van der Waals surface area contributed by atoms with Crippen molar-refractivity contribution in [1.82, 2.24) is 10.2 Å². The lowest BCUT2D eigenvalue weighted by Crippen LogP contribution is -2.55. The summed E-state index contributed by atoms with van der Waals surface area (Å²) in [5, 5.41) is 3.34. The highest BCUT2D eigenvalue weighted by atomic mass is 35.5. The van der Waals surface area contributed by atoms with Crippen LogP contribution in [-0.4, -0.2) is 68.2 Å². The van der Waals surface area contributed by atoms with Crippen molar-refractivity contribution in [3.63, 3.8) is 0 Å². The molecule has 0 radical (unpaired) electrons. The number of benzene rings is 1. The summed E-state index contributed by atoms with van der Waals surface area (Å²) in [5.41, 5.74) is 6.48. The summed E-state index contributed by atoms with van der Waals surface area (Å²) in [4.78, 5) is 14.9. The highest BCUT2D eigenvalue weighted by molar-refractivity contribution is 6.33. The Kier molecular flexibility index (Phi) is 8.75. The van der Waals surface area contributed by atoms with Crippen LogP contribution in [0.1, 0.15) is 16.8 Å². The third-order valence-electron chi connectivity index (χ3n) is 4.23. The number of anilines is 1. The quantitative estimate of drug-likeness (QED) is 0.556. The van der Waals surface area contributed by atoms with Crippen LogP contribution >= 0.6 is 23.2 Å². The number of piperidine rings is 1. The van der Waals surface area contributed by atoms with Crippen LogP contribution in [0.15, 0.2) is 12.1 Å². The zero-order valence-electron chi connectivity index (χ0n) is 14.4. The number of nitrogens with two attached hydrogens (primary N) is 1. The Morgan fingerprint density at radius 1 is 1.44 bits per heavy atom. The number of ether oxygens (including phenoxy) is 2. The minimum Gasteiger partial charge on any atom is -0.496 e. The zero-order valence-corrected chi connectivity index (χ0v) is 15.9. The van der Waals surface area contributed by atoms with Crippen LogP contribution in [0.2, 0.25) is 5.02 Å². The molecule has 2 rings (SSSR count). The summed E-state index contributed by atoms with van der Waals surface area (Å²) in [6, 6.07) is 2.99. The van der Waals surface area contributed by atoms with Gasteiger partial charge in [-0.05, 0) is 12.5 Å². The Balaban J connectivity index is 0.00000312. The minimum absolute atomic E-state index is 0. The summed E-state index contributed by atoms with van der Waals surface area (Å²) in [6.07, 6.45) is 0.688. The minimum atomic E-state index is -0.258. The maximum atomic E-state index is 12.6. The van der Waals surface area contributed by atoms with Crippen LogP contribution in [-0.2, 0) is 4.74 Å². The summed E-state index contributed by atoms with van der Waals surface area (Å²) in [6.45, 7) is 2.40. The number of methoxy groups -OCH3 is 2. The first kappa shape index (κ1) is 21.8. The standard InChI is InChI=1S/C16H23Cl2N3O3.H2O/c1-23-14-8-12(19)11(18)7-10(14)16(22)20-13-3-5-21(6-4-17)9-15(13)24-2;/h7-8,13,15H,3-6,9,19H2,1-2H3,(H,20,22);1H2. The van der Waals surface area contributed by atoms with Crippen LogP contribution in [0, 0.1) is 0 Å². The Labute approximate surface area is 157 Å². The Bertz CT molecular complexity index is 589. The van der Waals surface area contributed by atoms with Gasteiger partial charge in [-0.2, -0.15) is 0 Å². The molecule has 1 saturated heterocycles. The number of amides is 1. The molecule has 25 heavy (non-hydrogen) atoms. The summed E-state index contributed by atoms with van der Waals surface area (Å²) in [7, 11) is 3.14. The Morgan fingerprint density at radius 3 is 2.76 bits per heavy atom. The molecule has 0 spiro atoms. The predicted molar refractivity (Wildman–Crippen MR) is 99.9 cm³/mol. The van der Waals surface area contributed by atoms with Crippen molar-refractivity contribution >= 4 is 34.8 Å². The highest BCUT2D eigenvalue weighted by Crippen LogP contribution is 2.29. The van der Waals surface area contributed by atoms with E-state index in [0.717, 1.165) is 26.1 Å². The molecule has 1 aromatic carbocycles. The number of nitrogen functional groups attached to an aromatic ring is 1. The van der Waals surface area contributed by atoms with Crippen molar-refractivity contribution in [3.05, 3.63) is 22.7 Å². The maximum absolute atomic E-state index is 12.6. The van der Waals surface area contributed by atoms with Gasteiger partial charge in [-0.15, -0.1) is 11.6 Å². The zero-order chi connectivity index (χ0) is 17.7. The first-order valence-corrected chi connectivity index (χ1v) is 8.66. The number of alkyl halides is 1. The number of carbonyl (C=O) groups is 1. The average Bonchev–Trinajstić information content (AvgIpc) is 2.58. The summed E-state index contributed by atoms with van der Waals surface area (Å²) < 4.78 is 10.8. The molecule has 1 aliphatic rings. The van der Waals surface area contributed by atoms with Crippen LogP contribution < -0.4 is 15.8 Å². The highest BCUT2D eigenvalue weighted by Gasteiger charge is 2.31. The van der Waals surface area contributed by atoms with E-state index < -0.39 is 0 Å². The number of nitrogens with zero attached hydrogens (tertiary/aromatic N) is 1. The maximum Gasteiger partial charge on any atom is 0.255 e. The molecular weight excluding hydrogens is 369 g/mol. The lowest BCUT2D eigenvalue weighted by Gasteiger charge is -2.37. The monoisotopic (exact) mass is 393 g/mol. The Morgan fingerprint density at radius 2 is 2.16 bits per heavy atom. The third kappa shape index (κ3) is 5.36. The van der Waals surface area contributed by atoms with Crippen molar-refractivity contribution in [2.75, 3.05) is 45.5 Å². The third-order valence-corrected chi connectivity index (χ3v) is 4.72. The SMILES string of the molecule is COc1cc(N)c(Cl)cc1C(=O)NC1CCN(CCCl)CC1OC.O. The number of halogens is 2. The van der Waals surface area contributed by atoms with Gasteiger partial charge in [-0.25, -0.2) is 0 Å². The molecule has 7 nitrogen and oxygen atoms in total. The molecular formula is C16H25Cl2N3O4. The lowest BCUT2D eigenvalue weighted by molar-refractivity contribution is 0.00825. The van der Waals surface area contributed by atoms with E-state index in [1.54, 1.807) is 13.2 Å². The second-order valence-corrected chi connectivity index (χ2v) is 6.49. The molecule has 0 aliphatic carbocycles. The molecule has 2 unspecified atom stereocenters. The van der Waals surface area contributed by atoms with Crippen LogP contribution in [0.5, 0.6) is 5.75 Å². The summed E-state index contributed by atoms with van der Waals surface area (Å²) in [5.74, 6) is 0.712. The van der Waals surface area contributed by atoms with Gasteiger partial charge in [0, 0.05) is 38.7 Å². The smallest absolute Gasteiger partial charge is 0.255 e. The van der Waals surface area contributed by atoms with Gasteiger partial charge in [-0.3, -0.25) is 9.69 Å². The van der Waals surface area contributed by atoms with Gasteiger partial charge >= 0.3 is 0 Å². The molecule has 2 atom stereocenters. The molecule has 1 heterocycles. The van der Waals surface area contributed by atoms with E-state index in [0.29, 0.717) is 27.9 Å². The van der Waals surface area contributed by atoms with E-state index in [-0.39, 0.29) is 23.5 Å². The average molecular weight is 394 g/mol. The van der Waals surface area contributed by atoms with Gasteiger partial charge < -0.3 is 26.0 Å². The van der Waals surface area contributed by atoms with E-state index in [1.165, 1.54) is 13.2 Å². The molecule has 1 aliphatic heterocycles. The fourth-order valence-electron chi connectivity index (χ4n) is 2.87. The van der Waals surface area contributed by atoms with Gasteiger partial charge in [0.25, 0.3) is 5.91 Å². The molecule has 0 bridgehead atoms. The van der Waals surface area contributed by atoms with Crippen molar-refractivity contribution < 1.29 is 19.7 Å². The predicted octanol–water partition coefficient (Wildman–Crippen LogP) is 1.16. The van der Waals surface area contributed by atoms with Gasteiger partial charge in [0.05, 0.1) is 35.5 Å². The number of carbonyl (C=O) groups excluding carboxylic acids is 1. The number of nitrogens with one attached hydrogen (secondary N) is 1. The van der Waals surface area contributed by atoms with E-state index >= 15 is 0 Å². The largest absolute Gasteiger partial charge is 0.496 e. The van der Waals surface area contributed by atoms with Crippen molar-refractivity contribution in [3.8, 4) is 5.75 Å².